The number of anilines is 2. The fourth-order valence-electron chi connectivity index (χ4n) is 4.83. The van der Waals surface area contributed by atoms with Crippen LogP contribution in [0.4, 0.5) is 11.6 Å². The highest BCUT2D eigenvalue weighted by atomic mass is 32.2. The van der Waals surface area contributed by atoms with E-state index in [-0.39, 0.29) is 5.91 Å². The molecule has 5 rings (SSSR count). The lowest BCUT2D eigenvalue weighted by molar-refractivity contribution is -0.113. The van der Waals surface area contributed by atoms with Gasteiger partial charge in [-0.1, -0.05) is 73.6 Å². The Morgan fingerprint density at radius 2 is 1.79 bits per heavy atom. The fourth-order valence-corrected chi connectivity index (χ4v) is 5.74. The van der Waals surface area contributed by atoms with Gasteiger partial charge in [-0.3, -0.25) is 4.79 Å². The first-order valence-electron chi connectivity index (χ1n) is 14.4. The normalized spacial score (nSPS) is 14.2. The zero-order chi connectivity index (χ0) is 29.5. The molecule has 0 spiro atoms. The second kappa shape index (κ2) is 13.6. The van der Waals surface area contributed by atoms with E-state index in [1.807, 2.05) is 74.5 Å². The highest BCUT2D eigenvalue weighted by Gasteiger charge is 2.35. The second-order valence-electron chi connectivity index (χ2n) is 10.1. The molecule has 1 amide bonds. The lowest BCUT2D eigenvalue weighted by Gasteiger charge is -2.29. The van der Waals surface area contributed by atoms with Crippen LogP contribution in [0.15, 0.2) is 89.2 Å². The molecule has 9 heteroatoms. The zero-order valence-electron chi connectivity index (χ0n) is 24.5. The van der Waals surface area contributed by atoms with E-state index in [1.54, 1.807) is 16.4 Å². The first kappa shape index (κ1) is 29.3. The van der Waals surface area contributed by atoms with Crippen LogP contribution in [0, 0.1) is 6.92 Å². The van der Waals surface area contributed by atoms with Gasteiger partial charge in [0.1, 0.15) is 12.6 Å². The molecular weight excluding hydrogens is 546 g/mol. The van der Waals surface area contributed by atoms with Crippen molar-refractivity contribution in [2.24, 2.45) is 0 Å². The van der Waals surface area contributed by atoms with E-state index in [0.29, 0.717) is 41.4 Å². The van der Waals surface area contributed by atoms with Crippen molar-refractivity contribution in [2.75, 3.05) is 23.0 Å². The summed E-state index contributed by atoms with van der Waals surface area (Å²) in [6.07, 6.45) is 2.18. The molecule has 2 heterocycles. The van der Waals surface area contributed by atoms with Crippen LogP contribution in [-0.4, -0.2) is 33.0 Å². The molecule has 8 nitrogen and oxygen atoms in total. The van der Waals surface area contributed by atoms with Crippen molar-refractivity contribution in [3.05, 3.63) is 101 Å². The SMILES string of the molecule is CCCCSc1nc2n(n1)C(c1ccc(OCc3ccccc3C)c(OCC)c1)C(C(=O)Nc1ccccc1)=C(C)N2. The lowest BCUT2D eigenvalue weighted by Crippen LogP contribution is -2.31. The molecule has 0 fully saturated rings. The summed E-state index contributed by atoms with van der Waals surface area (Å²) in [5, 5.41) is 11.9. The summed E-state index contributed by atoms with van der Waals surface area (Å²) in [6.45, 7) is 8.98. The number of hydrogen-bond donors (Lipinski definition) is 2. The average Bonchev–Trinajstić information content (AvgIpc) is 3.39. The Morgan fingerprint density at radius 1 is 1.00 bits per heavy atom. The molecule has 218 valence electrons. The molecule has 1 aliphatic rings. The number of aromatic nitrogens is 3. The minimum atomic E-state index is -0.525. The van der Waals surface area contributed by atoms with Crippen molar-refractivity contribution in [1.29, 1.82) is 0 Å². The van der Waals surface area contributed by atoms with Crippen molar-refractivity contribution in [2.45, 2.75) is 58.3 Å². The highest BCUT2D eigenvalue weighted by Crippen LogP contribution is 2.40. The van der Waals surface area contributed by atoms with Gasteiger partial charge in [0.25, 0.3) is 5.91 Å². The Hall–Kier alpha value is -4.24. The summed E-state index contributed by atoms with van der Waals surface area (Å²) in [6, 6.07) is 22.9. The van der Waals surface area contributed by atoms with Crippen LogP contribution in [-0.2, 0) is 11.4 Å². The summed E-state index contributed by atoms with van der Waals surface area (Å²) in [5.41, 5.74) is 5.12. The largest absolute Gasteiger partial charge is 0.490 e. The molecule has 1 atom stereocenters. The number of allylic oxidation sites excluding steroid dienone is 1. The third kappa shape index (κ3) is 6.62. The number of aryl methyl sites for hydroxylation is 1. The Kier molecular flexibility index (Phi) is 9.48. The summed E-state index contributed by atoms with van der Waals surface area (Å²) in [5.74, 6) is 2.57. The quantitative estimate of drug-likeness (QED) is 0.133. The Morgan fingerprint density at radius 3 is 2.55 bits per heavy atom. The van der Waals surface area contributed by atoms with Crippen LogP contribution in [0.25, 0.3) is 0 Å². The Balaban J connectivity index is 1.52. The van der Waals surface area contributed by atoms with E-state index in [2.05, 4.69) is 36.6 Å². The summed E-state index contributed by atoms with van der Waals surface area (Å²) < 4.78 is 14.1. The zero-order valence-corrected chi connectivity index (χ0v) is 25.3. The number of carbonyl (C=O) groups excluding carboxylic acids is 1. The van der Waals surface area contributed by atoms with Gasteiger partial charge in [0, 0.05) is 17.1 Å². The van der Waals surface area contributed by atoms with Gasteiger partial charge >= 0.3 is 0 Å². The van der Waals surface area contributed by atoms with Gasteiger partial charge in [-0.05, 0) is 68.1 Å². The van der Waals surface area contributed by atoms with Gasteiger partial charge < -0.3 is 20.1 Å². The lowest BCUT2D eigenvalue weighted by atomic mass is 9.94. The number of nitrogens with zero attached hydrogens (tertiary/aromatic N) is 3. The Bertz CT molecular complexity index is 1570. The number of carbonyl (C=O) groups is 1. The average molecular weight is 584 g/mol. The number of ether oxygens (including phenoxy) is 2. The van der Waals surface area contributed by atoms with E-state index in [0.717, 1.165) is 41.1 Å². The predicted molar refractivity (Wildman–Crippen MR) is 168 cm³/mol. The minimum Gasteiger partial charge on any atom is -0.490 e. The summed E-state index contributed by atoms with van der Waals surface area (Å²) in [4.78, 5) is 18.6. The monoisotopic (exact) mass is 583 g/mol. The minimum absolute atomic E-state index is 0.213. The van der Waals surface area contributed by atoms with E-state index in [9.17, 15) is 4.79 Å². The first-order chi connectivity index (χ1) is 20.5. The molecule has 4 aromatic rings. The number of rotatable bonds is 12. The smallest absolute Gasteiger partial charge is 0.255 e. The number of para-hydroxylation sites is 1. The van der Waals surface area contributed by atoms with Crippen LogP contribution in [0.2, 0.25) is 0 Å². The Labute approximate surface area is 251 Å². The highest BCUT2D eigenvalue weighted by molar-refractivity contribution is 7.99. The van der Waals surface area contributed by atoms with Crippen LogP contribution >= 0.6 is 11.8 Å². The third-order valence-electron chi connectivity index (χ3n) is 7.07. The van der Waals surface area contributed by atoms with Crippen LogP contribution < -0.4 is 20.1 Å². The number of amides is 1. The van der Waals surface area contributed by atoms with Crippen LogP contribution in [0.5, 0.6) is 11.5 Å². The van der Waals surface area contributed by atoms with Crippen molar-refractivity contribution in [3.8, 4) is 11.5 Å². The molecule has 0 aliphatic carbocycles. The second-order valence-corrected chi connectivity index (χ2v) is 11.2. The van der Waals surface area contributed by atoms with Crippen LogP contribution in [0.3, 0.4) is 0 Å². The van der Waals surface area contributed by atoms with Gasteiger partial charge in [-0.2, -0.15) is 4.98 Å². The molecule has 0 radical (unpaired) electrons. The molecule has 3 aromatic carbocycles. The molecule has 1 aliphatic heterocycles. The predicted octanol–water partition coefficient (Wildman–Crippen LogP) is 7.38. The topological polar surface area (TPSA) is 90.3 Å². The first-order valence-corrected chi connectivity index (χ1v) is 15.3. The standard InChI is InChI=1S/C33H37N5O3S/c1-5-7-19-42-33-36-32-34-23(4)29(31(39)35-26-15-9-8-10-16-26)30(38(32)37-33)24-17-18-27(28(20-24)40-6-2)41-21-25-14-12-11-13-22(25)3/h8-18,20,30H,5-7,19,21H2,1-4H3,(H,35,39)(H,34,36,37). The molecule has 1 unspecified atom stereocenters. The fraction of sp³-hybridized carbons (Fsp3) is 0.303. The van der Waals surface area contributed by atoms with Gasteiger partial charge in [-0.15, -0.1) is 5.10 Å². The molecule has 0 saturated carbocycles. The van der Waals surface area contributed by atoms with Gasteiger partial charge in [0.2, 0.25) is 11.1 Å². The molecule has 0 saturated heterocycles. The molecule has 0 bridgehead atoms. The summed E-state index contributed by atoms with van der Waals surface area (Å²) >= 11 is 1.62. The molecule has 2 N–H and O–H groups in total. The number of nitrogens with one attached hydrogen (secondary N) is 2. The third-order valence-corrected chi connectivity index (χ3v) is 7.99. The van der Waals surface area contributed by atoms with E-state index in [1.165, 1.54) is 5.56 Å². The van der Waals surface area contributed by atoms with Crippen molar-refractivity contribution in [3.63, 3.8) is 0 Å². The molecule has 42 heavy (non-hydrogen) atoms. The van der Waals surface area contributed by atoms with Gasteiger partial charge in [-0.25, -0.2) is 4.68 Å². The number of hydrogen-bond acceptors (Lipinski definition) is 7. The maximum atomic E-state index is 13.8. The van der Waals surface area contributed by atoms with E-state index in [4.69, 9.17) is 19.6 Å². The van der Waals surface area contributed by atoms with Crippen molar-refractivity contribution in [1.82, 2.24) is 14.8 Å². The number of thioether (sulfide) groups is 1. The van der Waals surface area contributed by atoms with Crippen molar-refractivity contribution < 1.29 is 14.3 Å². The van der Waals surface area contributed by atoms with Gasteiger partial charge in [0.15, 0.2) is 11.5 Å². The van der Waals surface area contributed by atoms with Crippen molar-refractivity contribution >= 4 is 29.3 Å². The van der Waals surface area contributed by atoms with E-state index >= 15 is 0 Å². The maximum absolute atomic E-state index is 13.8. The maximum Gasteiger partial charge on any atom is 0.255 e. The molecular formula is C33H37N5O3S. The van der Waals surface area contributed by atoms with E-state index < -0.39 is 6.04 Å². The number of fused-ring (bicyclic) bond motifs is 1. The number of unbranched alkanes of at least 4 members (excludes halogenated alkanes) is 1. The van der Waals surface area contributed by atoms with Gasteiger partial charge in [0.05, 0.1) is 12.2 Å². The van der Waals surface area contributed by atoms with Crippen LogP contribution in [0.1, 0.15) is 56.3 Å². The summed E-state index contributed by atoms with van der Waals surface area (Å²) in [7, 11) is 0. The molecule has 1 aromatic heterocycles. The number of benzene rings is 3.